The number of halogens is 4. The predicted molar refractivity (Wildman–Crippen MR) is 132 cm³/mol. The number of carbonyl (C=O) groups is 1. The molecular formula is C25H30ClF3N4O4. The van der Waals surface area contributed by atoms with Crippen molar-refractivity contribution in [1.82, 2.24) is 14.4 Å². The molecule has 1 aromatic carbocycles. The Hall–Kier alpha value is -2.66. The number of oxime groups is 1. The predicted octanol–water partition coefficient (Wildman–Crippen LogP) is 4.73. The van der Waals surface area contributed by atoms with Crippen LogP contribution in [-0.2, 0) is 22.7 Å². The zero-order valence-corrected chi connectivity index (χ0v) is 21.5. The van der Waals surface area contributed by atoms with Crippen LogP contribution in [0.25, 0.3) is 10.9 Å². The minimum absolute atomic E-state index is 0.124. The lowest BCUT2D eigenvalue weighted by Crippen LogP contribution is -2.61. The number of hydrogen-bond acceptors (Lipinski definition) is 6. The minimum atomic E-state index is -4.45. The number of aryl methyl sites for hydroxylation is 1. The minimum Gasteiger partial charge on any atom is -0.483 e. The number of alkyl halides is 3. The summed E-state index contributed by atoms with van der Waals surface area (Å²) in [4.78, 5) is 21.6. The number of aromatic nitrogens is 1. The van der Waals surface area contributed by atoms with E-state index in [-0.39, 0.29) is 5.75 Å². The van der Waals surface area contributed by atoms with Crippen LogP contribution in [0.4, 0.5) is 13.2 Å². The maximum absolute atomic E-state index is 12.9. The first kappa shape index (κ1) is 26.0. The van der Waals surface area contributed by atoms with Crippen LogP contribution in [0.2, 0.25) is 5.02 Å². The summed E-state index contributed by atoms with van der Waals surface area (Å²) in [5.74, 6) is 0.215. The third kappa shape index (κ3) is 5.07. The van der Waals surface area contributed by atoms with E-state index in [4.69, 9.17) is 21.2 Å². The average molecular weight is 543 g/mol. The lowest BCUT2D eigenvalue weighted by molar-refractivity contribution is -0.153. The fourth-order valence-electron chi connectivity index (χ4n) is 5.47. The molecule has 3 aliphatic rings. The summed E-state index contributed by atoms with van der Waals surface area (Å²) in [6, 6.07) is 3.58. The summed E-state index contributed by atoms with van der Waals surface area (Å²) >= 11 is 6.34. The molecule has 4 heterocycles. The fraction of sp³-hybridized carbons (Fsp3) is 0.600. The van der Waals surface area contributed by atoms with E-state index in [0.29, 0.717) is 68.9 Å². The number of nitrogens with zero attached hydrogens (tertiary/aromatic N) is 4. The van der Waals surface area contributed by atoms with E-state index >= 15 is 0 Å². The molecule has 0 bridgehead atoms. The zero-order valence-electron chi connectivity index (χ0n) is 20.8. The fourth-order valence-corrected chi connectivity index (χ4v) is 5.78. The van der Waals surface area contributed by atoms with Crippen LogP contribution in [0, 0.1) is 5.41 Å². The van der Waals surface area contributed by atoms with E-state index in [1.807, 2.05) is 17.6 Å². The van der Waals surface area contributed by atoms with Gasteiger partial charge in [0.1, 0.15) is 11.6 Å². The van der Waals surface area contributed by atoms with Crippen molar-refractivity contribution in [2.75, 3.05) is 32.8 Å². The molecule has 2 saturated heterocycles. The maximum atomic E-state index is 12.9. The van der Waals surface area contributed by atoms with Gasteiger partial charge in [-0.2, -0.15) is 13.2 Å². The molecular weight excluding hydrogens is 513 g/mol. The second-order valence-electron chi connectivity index (χ2n) is 10.6. The molecule has 5 rings (SSSR count). The first-order chi connectivity index (χ1) is 17.4. The number of rotatable bonds is 6. The quantitative estimate of drug-likeness (QED) is 0.568. The van der Waals surface area contributed by atoms with Gasteiger partial charge >= 0.3 is 12.1 Å². The Bertz CT molecular complexity index is 1230. The van der Waals surface area contributed by atoms with Crippen molar-refractivity contribution in [2.24, 2.45) is 10.6 Å². The van der Waals surface area contributed by atoms with Gasteiger partial charge in [0, 0.05) is 45.5 Å². The van der Waals surface area contributed by atoms with Gasteiger partial charge in [0.15, 0.2) is 12.2 Å². The van der Waals surface area contributed by atoms with Crippen LogP contribution in [0.3, 0.4) is 0 Å². The van der Waals surface area contributed by atoms with E-state index in [9.17, 15) is 23.1 Å². The Balaban J connectivity index is 1.23. The topological polar surface area (TPSA) is 79.5 Å². The highest BCUT2D eigenvalue weighted by Crippen LogP contribution is 2.40. The normalized spacial score (nSPS) is 21.1. The first-order valence-corrected chi connectivity index (χ1v) is 12.7. The van der Waals surface area contributed by atoms with Crippen LogP contribution in [0.5, 0.6) is 5.75 Å². The van der Waals surface area contributed by atoms with Gasteiger partial charge in [0.05, 0.1) is 27.8 Å². The Kier molecular flexibility index (Phi) is 6.50. The van der Waals surface area contributed by atoms with Gasteiger partial charge in [0.25, 0.3) is 0 Å². The molecule has 12 heteroatoms. The molecule has 0 amide bonds. The van der Waals surface area contributed by atoms with Gasteiger partial charge in [-0.25, -0.2) is 0 Å². The molecule has 0 saturated carbocycles. The van der Waals surface area contributed by atoms with Gasteiger partial charge in [0.2, 0.25) is 0 Å². The third-order valence-electron chi connectivity index (χ3n) is 7.69. The Labute approximate surface area is 217 Å². The number of ether oxygens (including phenoxy) is 1. The summed E-state index contributed by atoms with van der Waals surface area (Å²) in [5, 5.41) is 14.6. The number of amidine groups is 1. The lowest BCUT2D eigenvalue weighted by Gasteiger charge is -2.45. The molecule has 0 aliphatic carbocycles. The molecule has 0 unspecified atom stereocenters. The van der Waals surface area contributed by atoms with Crippen molar-refractivity contribution in [2.45, 2.75) is 58.0 Å². The second-order valence-corrected chi connectivity index (χ2v) is 11.0. The monoisotopic (exact) mass is 542 g/mol. The lowest BCUT2D eigenvalue weighted by atomic mass is 9.80. The summed E-state index contributed by atoms with van der Waals surface area (Å²) in [6.07, 6.45) is -0.971. The number of fused-ring (bicyclic) bond motifs is 1. The SMILES string of the molecule is CCn1cc(Cl)c2c(OCC(F)(F)F)cc(CN3CC4(CC(N5CCC(C)(C(=O)O)CC5)=NO4)C3)cc21. The van der Waals surface area contributed by atoms with Crippen molar-refractivity contribution < 1.29 is 32.6 Å². The largest absolute Gasteiger partial charge is 0.483 e. The molecule has 3 aliphatic heterocycles. The molecule has 202 valence electrons. The molecule has 37 heavy (non-hydrogen) atoms. The van der Waals surface area contributed by atoms with Crippen LogP contribution in [0.15, 0.2) is 23.5 Å². The Morgan fingerprint density at radius 1 is 1.27 bits per heavy atom. The van der Waals surface area contributed by atoms with Crippen molar-refractivity contribution in [3.8, 4) is 5.75 Å². The summed E-state index contributed by atoms with van der Waals surface area (Å²) in [5.41, 5.74) is 0.438. The average Bonchev–Trinajstić information content (AvgIpc) is 3.39. The number of hydrogen-bond donors (Lipinski definition) is 1. The van der Waals surface area contributed by atoms with Crippen LogP contribution < -0.4 is 4.74 Å². The number of likely N-dealkylation sites (tertiary alicyclic amines) is 2. The van der Waals surface area contributed by atoms with E-state index in [2.05, 4.69) is 15.0 Å². The van der Waals surface area contributed by atoms with Crippen molar-refractivity contribution in [1.29, 1.82) is 0 Å². The van der Waals surface area contributed by atoms with Gasteiger partial charge in [-0.3, -0.25) is 9.69 Å². The Morgan fingerprint density at radius 2 is 1.97 bits per heavy atom. The summed E-state index contributed by atoms with van der Waals surface area (Å²) in [6.45, 7) is 6.00. The summed E-state index contributed by atoms with van der Waals surface area (Å²) < 4.78 is 45.7. The van der Waals surface area contributed by atoms with E-state index in [1.165, 1.54) is 0 Å². The highest BCUT2D eigenvalue weighted by Gasteiger charge is 2.51. The molecule has 1 N–H and O–H groups in total. The third-order valence-corrected chi connectivity index (χ3v) is 7.98. The summed E-state index contributed by atoms with van der Waals surface area (Å²) in [7, 11) is 0. The van der Waals surface area contributed by atoms with E-state index < -0.39 is 29.8 Å². The number of benzene rings is 1. The standard InChI is InChI=1S/C25H30ClF3N4O4/c1-3-32-12-17(26)21-18(32)8-16(9-19(21)36-15-25(27,28)29)11-31-13-24(14-31)10-20(30-37-24)33-6-4-23(2,5-7-33)22(34)35/h8-9,12H,3-7,10-11,13-15H2,1-2H3,(H,34,35). The first-order valence-electron chi connectivity index (χ1n) is 12.4. The van der Waals surface area contributed by atoms with Crippen LogP contribution >= 0.6 is 11.6 Å². The van der Waals surface area contributed by atoms with Gasteiger partial charge in [-0.15, -0.1) is 0 Å². The molecule has 0 atom stereocenters. The smallest absolute Gasteiger partial charge is 0.422 e. The zero-order chi connectivity index (χ0) is 26.6. The number of carboxylic acids is 1. The van der Waals surface area contributed by atoms with Gasteiger partial charge in [-0.05, 0) is 44.4 Å². The van der Waals surface area contributed by atoms with Crippen molar-refractivity contribution in [3.63, 3.8) is 0 Å². The van der Waals surface area contributed by atoms with Crippen LogP contribution in [0.1, 0.15) is 38.7 Å². The molecule has 8 nitrogen and oxygen atoms in total. The number of carboxylic acid groups (broad SMARTS) is 1. The highest BCUT2D eigenvalue weighted by atomic mass is 35.5. The molecule has 1 spiro atoms. The van der Waals surface area contributed by atoms with E-state index in [1.54, 1.807) is 19.2 Å². The molecule has 1 aromatic heterocycles. The van der Waals surface area contributed by atoms with Crippen molar-refractivity contribution >= 4 is 34.3 Å². The highest BCUT2D eigenvalue weighted by molar-refractivity contribution is 6.36. The van der Waals surface area contributed by atoms with Gasteiger partial charge in [-0.1, -0.05) is 16.8 Å². The van der Waals surface area contributed by atoms with Crippen LogP contribution in [-0.4, -0.2) is 75.8 Å². The van der Waals surface area contributed by atoms with Crippen molar-refractivity contribution in [3.05, 3.63) is 28.9 Å². The van der Waals surface area contributed by atoms with Gasteiger partial charge < -0.3 is 24.1 Å². The maximum Gasteiger partial charge on any atom is 0.422 e. The second kappa shape index (κ2) is 9.27. The molecule has 2 fully saturated rings. The number of piperidine rings is 1. The Morgan fingerprint density at radius 3 is 2.59 bits per heavy atom. The van der Waals surface area contributed by atoms with E-state index in [0.717, 1.165) is 16.9 Å². The number of aliphatic carboxylic acids is 1. The molecule has 0 radical (unpaired) electrons. The molecule has 2 aromatic rings.